The molecular formula is C11H25N3. The number of likely N-dealkylation sites (tertiary alicyclic amines) is 1. The van der Waals surface area contributed by atoms with Crippen LogP contribution in [0, 0.1) is 0 Å². The Kier molecular flexibility index (Phi) is 4.35. The molecule has 0 bridgehead atoms. The number of hydrogen-bond acceptors (Lipinski definition) is 3. The minimum atomic E-state index is 0.239. The van der Waals surface area contributed by atoms with E-state index in [2.05, 4.69) is 30.8 Å². The molecule has 1 atom stereocenters. The highest BCUT2D eigenvalue weighted by Gasteiger charge is 2.36. The molecule has 1 fully saturated rings. The van der Waals surface area contributed by atoms with Gasteiger partial charge in [-0.15, -0.1) is 0 Å². The van der Waals surface area contributed by atoms with Gasteiger partial charge >= 0.3 is 0 Å². The first-order valence-corrected chi connectivity index (χ1v) is 5.74. The molecule has 0 aliphatic carbocycles. The zero-order chi connectivity index (χ0) is 10.6. The van der Waals surface area contributed by atoms with E-state index in [0.29, 0.717) is 0 Å². The van der Waals surface area contributed by atoms with Crippen LogP contribution in [0.2, 0.25) is 0 Å². The molecule has 0 saturated carbocycles. The summed E-state index contributed by atoms with van der Waals surface area (Å²) in [6.45, 7) is 6.52. The minimum absolute atomic E-state index is 0.239. The normalized spacial score (nSPS) is 29.8. The van der Waals surface area contributed by atoms with Gasteiger partial charge in [-0.2, -0.15) is 0 Å². The van der Waals surface area contributed by atoms with Gasteiger partial charge in [0.25, 0.3) is 0 Å². The fourth-order valence-corrected chi connectivity index (χ4v) is 2.55. The van der Waals surface area contributed by atoms with Crippen LogP contribution < -0.4 is 5.73 Å². The molecule has 1 saturated heterocycles. The Labute approximate surface area is 88.2 Å². The van der Waals surface area contributed by atoms with Crippen molar-refractivity contribution in [3.63, 3.8) is 0 Å². The number of nitrogens with zero attached hydrogens (tertiary/aromatic N) is 2. The predicted molar refractivity (Wildman–Crippen MR) is 61.4 cm³/mol. The molecule has 1 aliphatic rings. The molecule has 3 heteroatoms. The van der Waals surface area contributed by atoms with Gasteiger partial charge < -0.3 is 10.6 Å². The summed E-state index contributed by atoms with van der Waals surface area (Å²) >= 11 is 0. The number of nitrogens with two attached hydrogens (primary N) is 1. The van der Waals surface area contributed by atoms with E-state index >= 15 is 0 Å². The first kappa shape index (κ1) is 12.0. The van der Waals surface area contributed by atoms with Gasteiger partial charge in [0.1, 0.15) is 0 Å². The van der Waals surface area contributed by atoms with Crippen molar-refractivity contribution in [1.29, 1.82) is 0 Å². The molecule has 1 unspecified atom stereocenters. The van der Waals surface area contributed by atoms with E-state index in [-0.39, 0.29) is 5.54 Å². The highest BCUT2D eigenvalue weighted by Crippen LogP contribution is 2.25. The summed E-state index contributed by atoms with van der Waals surface area (Å²) < 4.78 is 0. The lowest BCUT2D eigenvalue weighted by molar-refractivity contribution is 0.0451. The molecule has 14 heavy (non-hydrogen) atoms. The van der Waals surface area contributed by atoms with E-state index in [4.69, 9.17) is 5.73 Å². The predicted octanol–water partition coefficient (Wildman–Crippen LogP) is 0.751. The molecule has 1 rings (SSSR count). The quantitative estimate of drug-likeness (QED) is 0.725. The van der Waals surface area contributed by atoms with E-state index in [1.165, 1.54) is 25.8 Å². The van der Waals surface area contributed by atoms with Crippen LogP contribution in [-0.2, 0) is 0 Å². The van der Waals surface area contributed by atoms with Crippen molar-refractivity contribution in [1.82, 2.24) is 9.80 Å². The van der Waals surface area contributed by atoms with Gasteiger partial charge in [-0.25, -0.2) is 0 Å². The van der Waals surface area contributed by atoms with Crippen molar-refractivity contribution < 1.29 is 0 Å². The summed E-state index contributed by atoms with van der Waals surface area (Å²) in [5, 5.41) is 0. The van der Waals surface area contributed by atoms with Crippen LogP contribution in [0.15, 0.2) is 0 Å². The van der Waals surface area contributed by atoms with Crippen molar-refractivity contribution in [2.45, 2.75) is 31.7 Å². The van der Waals surface area contributed by atoms with E-state index in [1.807, 2.05) is 0 Å². The van der Waals surface area contributed by atoms with Crippen molar-refractivity contribution in [2.75, 3.05) is 40.3 Å². The number of rotatable bonds is 4. The molecule has 0 aromatic carbocycles. The summed E-state index contributed by atoms with van der Waals surface area (Å²) in [7, 11) is 4.42. The van der Waals surface area contributed by atoms with Gasteiger partial charge in [0.15, 0.2) is 0 Å². The standard InChI is InChI=1S/C11H25N3/c1-4-7-14(3)11(9-12)6-5-8-13(2)10-11/h4-10,12H2,1-3H3. The van der Waals surface area contributed by atoms with Gasteiger partial charge in [0.2, 0.25) is 0 Å². The molecule has 0 amide bonds. The fourth-order valence-electron chi connectivity index (χ4n) is 2.55. The van der Waals surface area contributed by atoms with Crippen LogP contribution in [0.3, 0.4) is 0 Å². The van der Waals surface area contributed by atoms with E-state index in [1.54, 1.807) is 0 Å². The lowest BCUT2D eigenvalue weighted by Gasteiger charge is -2.47. The van der Waals surface area contributed by atoms with Crippen LogP contribution in [0.25, 0.3) is 0 Å². The number of hydrogen-bond donors (Lipinski definition) is 1. The SMILES string of the molecule is CCCN(C)C1(CN)CCCN(C)C1. The molecule has 84 valence electrons. The maximum atomic E-state index is 5.96. The van der Waals surface area contributed by atoms with Crippen molar-refractivity contribution in [3.05, 3.63) is 0 Å². The van der Waals surface area contributed by atoms with E-state index in [9.17, 15) is 0 Å². The Bertz CT molecular complexity index is 172. The third-order valence-electron chi connectivity index (χ3n) is 3.49. The Morgan fingerprint density at radius 1 is 1.50 bits per heavy atom. The fraction of sp³-hybridized carbons (Fsp3) is 1.00. The minimum Gasteiger partial charge on any atom is -0.329 e. The molecule has 0 aromatic heterocycles. The van der Waals surface area contributed by atoms with E-state index < -0.39 is 0 Å². The zero-order valence-electron chi connectivity index (χ0n) is 9.92. The summed E-state index contributed by atoms with van der Waals surface area (Å²) in [4.78, 5) is 4.87. The number of likely N-dealkylation sites (N-methyl/N-ethyl adjacent to an activating group) is 2. The first-order chi connectivity index (χ1) is 6.64. The highest BCUT2D eigenvalue weighted by molar-refractivity contribution is 4.95. The maximum Gasteiger partial charge on any atom is 0.0455 e. The maximum absolute atomic E-state index is 5.96. The summed E-state index contributed by atoms with van der Waals surface area (Å²) in [6.07, 6.45) is 3.74. The Hall–Kier alpha value is -0.120. The highest BCUT2D eigenvalue weighted by atomic mass is 15.2. The summed E-state index contributed by atoms with van der Waals surface area (Å²) in [5.41, 5.74) is 6.20. The van der Waals surface area contributed by atoms with Gasteiger partial charge in [-0.1, -0.05) is 6.92 Å². The van der Waals surface area contributed by atoms with Gasteiger partial charge in [0, 0.05) is 18.6 Å². The average Bonchev–Trinajstić information content (AvgIpc) is 2.18. The third-order valence-corrected chi connectivity index (χ3v) is 3.49. The smallest absolute Gasteiger partial charge is 0.0455 e. The van der Waals surface area contributed by atoms with Crippen LogP contribution >= 0.6 is 0 Å². The topological polar surface area (TPSA) is 32.5 Å². The summed E-state index contributed by atoms with van der Waals surface area (Å²) in [5.74, 6) is 0. The second kappa shape index (κ2) is 5.10. The van der Waals surface area contributed by atoms with Crippen LogP contribution in [-0.4, -0.2) is 55.6 Å². The summed E-state index contributed by atoms with van der Waals surface area (Å²) in [6, 6.07) is 0. The molecule has 3 nitrogen and oxygen atoms in total. The zero-order valence-corrected chi connectivity index (χ0v) is 9.92. The molecule has 0 radical (unpaired) electrons. The Balaban J connectivity index is 2.63. The molecule has 0 aromatic rings. The second-order valence-corrected chi connectivity index (χ2v) is 4.69. The first-order valence-electron chi connectivity index (χ1n) is 5.74. The molecule has 0 spiro atoms. The van der Waals surface area contributed by atoms with Crippen molar-refractivity contribution in [2.24, 2.45) is 5.73 Å². The van der Waals surface area contributed by atoms with Crippen LogP contribution in [0.1, 0.15) is 26.2 Å². The monoisotopic (exact) mass is 199 g/mol. The molecular weight excluding hydrogens is 174 g/mol. The Morgan fingerprint density at radius 2 is 2.21 bits per heavy atom. The lowest BCUT2D eigenvalue weighted by Crippen LogP contribution is -2.60. The molecule has 1 heterocycles. The molecule has 2 N–H and O–H groups in total. The van der Waals surface area contributed by atoms with Crippen LogP contribution in [0.4, 0.5) is 0 Å². The molecule has 1 aliphatic heterocycles. The Morgan fingerprint density at radius 3 is 2.71 bits per heavy atom. The average molecular weight is 199 g/mol. The second-order valence-electron chi connectivity index (χ2n) is 4.69. The third kappa shape index (κ3) is 2.47. The van der Waals surface area contributed by atoms with E-state index in [0.717, 1.165) is 19.6 Å². The van der Waals surface area contributed by atoms with Gasteiger partial charge in [-0.05, 0) is 46.4 Å². The lowest BCUT2D eigenvalue weighted by atomic mass is 9.87. The van der Waals surface area contributed by atoms with Gasteiger partial charge in [-0.3, -0.25) is 4.90 Å². The van der Waals surface area contributed by atoms with Crippen molar-refractivity contribution in [3.8, 4) is 0 Å². The van der Waals surface area contributed by atoms with Gasteiger partial charge in [0.05, 0.1) is 0 Å². The van der Waals surface area contributed by atoms with Crippen LogP contribution in [0.5, 0.6) is 0 Å². The number of piperidine rings is 1. The van der Waals surface area contributed by atoms with Crippen molar-refractivity contribution >= 4 is 0 Å². The largest absolute Gasteiger partial charge is 0.329 e.